The van der Waals surface area contributed by atoms with Gasteiger partial charge in [0, 0.05) is 25.6 Å². The van der Waals surface area contributed by atoms with Crippen molar-refractivity contribution >= 4 is 18.7 Å². The molecule has 0 bridgehead atoms. The maximum absolute atomic E-state index is 11.4. The van der Waals surface area contributed by atoms with Crippen LogP contribution in [-0.2, 0) is 20.5 Å². The number of primary amides is 1. The first-order valence-electron chi connectivity index (χ1n) is 11.9. The van der Waals surface area contributed by atoms with Crippen LogP contribution in [0.15, 0.2) is 24.3 Å². The number of piperidine rings is 1. The number of hydrogen-bond donors (Lipinski definition) is 1. The molecule has 2 N–H and O–H groups in total. The van der Waals surface area contributed by atoms with Crippen molar-refractivity contribution in [1.82, 2.24) is 4.90 Å². The maximum Gasteiger partial charge on any atom is 0.494 e. The van der Waals surface area contributed by atoms with E-state index in [1.807, 2.05) is 0 Å². The molecular formula is C25H39BN2O4. The van der Waals surface area contributed by atoms with E-state index in [1.165, 1.54) is 5.56 Å². The molecule has 1 aromatic rings. The summed E-state index contributed by atoms with van der Waals surface area (Å²) in [7, 11) is -0.310. The van der Waals surface area contributed by atoms with Gasteiger partial charge in [-0.1, -0.05) is 45.0 Å². The highest BCUT2D eigenvalue weighted by atomic mass is 16.7. The van der Waals surface area contributed by atoms with Gasteiger partial charge in [0.25, 0.3) is 0 Å². The van der Waals surface area contributed by atoms with E-state index in [0.717, 1.165) is 31.5 Å². The Hall–Kier alpha value is -1.57. The van der Waals surface area contributed by atoms with Crippen molar-refractivity contribution in [3.8, 4) is 0 Å². The number of nitrogens with zero attached hydrogens (tertiary/aromatic N) is 1. The van der Waals surface area contributed by atoms with Crippen LogP contribution in [0.1, 0.15) is 54.0 Å². The first-order valence-corrected chi connectivity index (χ1v) is 11.9. The number of ether oxygens (including phenoxy) is 1. The molecule has 6 nitrogen and oxygen atoms in total. The van der Waals surface area contributed by atoms with Crippen molar-refractivity contribution in [3.05, 3.63) is 29.8 Å². The number of hydrogen-bond acceptors (Lipinski definition) is 5. The highest BCUT2D eigenvalue weighted by Gasteiger charge is 2.61. The summed E-state index contributed by atoms with van der Waals surface area (Å²) in [6.45, 7) is 17.9. The van der Waals surface area contributed by atoms with Crippen molar-refractivity contribution in [2.45, 2.75) is 72.2 Å². The van der Waals surface area contributed by atoms with Crippen LogP contribution in [0.5, 0.6) is 0 Å². The van der Waals surface area contributed by atoms with Gasteiger partial charge in [0.15, 0.2) is 0 Å². The molecular weight excluding hydrogens is 403 g/mol. The van der Waals surface area contributed by atoms with Crippen LogP contribution in [0.25, 0.3) is 0 Å². The van der Waals surface area contributed by atoms with Gasteiger partial charge in [-0.15, -0.1) is 0 Å². The van der Waals surface area contributed by atoms with Crippen LogP contribution in [-0.4, -0.2) is 55.1 Å². The molecule has 2 aliphatic heterocycles. The van der Waals surface area contributed by atoms with Crippen molar-refractivity contribution in [3.63, 3.8) is 0 Å². The molecule has 176 valence electrons. The second kappa shape index (κ2) is 8.03. The van der Waals surface area contributed by atoms with Crippen LogP contribution in [0, 0.1) is 23.2 Å². The Labute approximate surface area is 193 Å². The Morgan fingerprint density at radius 2 is 1.66 bits per heavy atom. The molecule has 1 amide bonds. The minimum atomic E-state index is -0.657. The lowest BCUT2D eigenvalue weighted by Crippen LogP contribution is -2.41. The summed E-state index contributed by atoms with van der Waals surface area (Å²) in [6.07, 6.45) is 0.268. The molecule has 3 aliphatic rings. The van der Waals surface area contributed by atoms with E-state index in [1.54, 1.807) is 0 Å². The van der Waals surface area contributed by atoms with Gasteiger partial charge in [-0.2, -0.15) is 0 Å². The van der Waals surface area contributed by atoms with E-state index in [-0.39, 0.29) is 29.8 Å². The van der Waals surface area contributed by atoms with E-state index in [4.69, 9.17) is 19.8 Å². The molecule has 4 rings (SSSR count). The van der Waals surface area contributed by atoms with Crippen LogP contribution < -0.4 is 11.2 Å². The van der Waals surface area contributed by atoms with Gasteiger partial charge in [-0.25, -0.2) is 4.79 Å². The van der Waals surface area contributed by atoms with Crippen molar-refractivity contribution in [2.75, 3.05) is 19.6 Å². The lowest BCUT2D eigenvalue weighted by atomic mass is 9.79. The van der Waals surface area contributed by atoms with Gasteiger partial charge in [-0.05, 0) is 62.4 Å². The van der Waals surface area contributed by atoms with Crippen molar-refractivity contribution in [1.29, 1.82) is 0 Å². The molecule has 32 heavy (non-hydrogen) atoms. The predicted octanol–water partition coefficient (Wildman–Crippen LogP) is 3.22. The molecule has 1 aliphatic carbocycles. The van der Waals surface area contributed by atoms with Gasteiger partial charge in [0.1, 0.15) is 6.10 Å². The van der Waals surface area contributed by atoms with Gasteiger partial charge in [-0.3, -0.25) is 0 Å². The fourth-order valence-electron chi connectivity index (χ4n) is 5.36. The Balaban J connectivity index is 1.26. The topological polar surface area (TPSA) is 74.0 Å². The average Bonchev–Trinajstić information content (AvgIpc) is 3.03. The number of carbonyl (C=O) groups excluding carboxylic acids is 1. The fourth-order valence-corrected chi connectivity index (χ4v) is 5.36. The molecule has 2 heterocycles. The SMILES string of the molecule is CC(C)(C)C(OC(N)=O)C1C2CN(CCc3ccc(B4OC(C)(C)C(C)(C)O4)cc3)CC21. The van der Waals surface area contributed by atoms with Crippen molar-refractivity contribution in [2.24, 2.45) is 28.9 Å². The Kier molecular flexibility index (Phi) is 5.92. The summed E-state index contributed by atoms with van der Waals surface area (Å²) in [5.74, 6) is 1.67. The first kappa shape index (κ1) is 23.6. The molecule has 3 fully saturated rings. The maximum atomic E-state index is 11.4. The first-order chi connectivity index (χ1) is 14.8. The summed E-state index contributed by atoms with van der Waals surface area (Å²) in [6, 6.07) is 8.64. The monoisotopic (exact) mass is 442 g/mol. The summed E-state index contributed by atoms with van der Waals surface area (Å²) in [4.78, 5) is 13.9. The minimum absolute atomic E-state index is 0.0895. The summed E-state index contributed by atoms with van der Waals surface area (Å²) in [5.41, 5.74) is 7.00. The van der Waals surface area contributed by atoms with Crippen LogP contribution in [0.4, 0.5) is 4.79 Å². The summed E-state index contributed by atoms with van der Waals surface area (Å²) < 4.78 is 17.8. The molecule has 7 heteroatoms. The smallest absolute Gasteiger partial charge is 0.446 e. The number of amides is 1. The Morgan fingerprint density at radius 3 is 2.12 bits per heavy atom. The lowest BCUT2D eigenvalue weighted by Gasteiger charge is -2.32. The highest BCUT2D eigenvalue weighted by molar-refractivity contribution is 6.62. The third-order valence-corrected chi connectivity index (χ3v) is 8.00. The summed E-state index contributed by atoms with van der Waals surface area (Å²) in [5, 5.41) is 0. The van der Waals surface area contributed by atoms with E-state index in [2.05, 4.69) is 77.6 Å². The second-order valence-corrected chi connectivity index (χ2v) is 12.0. The minimum Gasteiger partial charge on any atom is -0.446 e. The average molecular weight is 442 g/mol. The number of likely N-dealkylation sites (tertiary alicyclic amines) is 1. The van der Waals surface area contributed by atoms with Gasteiger partial charge in [0.2, 0.25) is 0 Å². The molecule has 0 spiro atoms. The van der Waals surface area contributed by atoms with E-state index >= 15 is 0 Å². The molecule has 3 unspecified atom stereocenters. The molecule has 1 saturated carbocycles. The Bertz CT molecular complexity index is 820. The fraction of sp³-hybridized carbons (Fsp3) is 0.720. The quantitative estimate of drug-likeness (QED) is 0.685. The van der Waals surface area contributed by atoms with E-state index in [0.29, 0.717) is 17.8 Å². The van der Waals surface area contributed by atoms with Gasteiger partial charge < -0.3 is 24.7 Å². The van der Waals surface area contributed by atoms with Gasteiger partial charge >= 0.3 is 13.2 Å². The molecule has 2 saturated heterocycles. The number of nitrogens with two attached hydrogens (primary N) is 1. The number of fused-ring (bicyclic) bond motifs is 1. The van der Waals surface area contributed by atoms with E-state index < -0.39 is 6.09 Å². The van der Waals surface area contributed by atoms with Gasteiger partial charge in [0.05, 0.1) is 11.2 Å². The number of benzene rings is 1. The number of rotatable bonds is 6. The summed E-state index contributed by atoms with van der Waals surface area (Å²) >= 11 is 0. The van der Waals surface area contributed by atoms with Crippen LogP contribution in [0.2, 0.25) is 0 Å². The molecule has 1 aromatic carbocycles. The highest BCUT2D eigenvalue weighted by Crippen LogP contribution is 2.57. The standard InChI is InChI=1S/C25H39BN2O4/c1-23(2,3)21(30-22(27)29)20-18-14-28(15-19(18)20)13-12-16-8-10-17(11-9-16)26-31-24(4,5)25(6,7)32-26/h8-11,18-21H,12-15H2,1-7H3,(H2,27,29). The third kappa shape index (κ3) is 4.57. The predicted molar refractivity (Wildman–Crippen MR) is 127 cm³/mol. The van der Waals surface area contributed by atoms with E-state index in [9.17, 15) is 4.79 Å². The molecule has 3 atom stereocenters. The normalized spacial score (nSPS) is 29.6. The second-order valence-electron chi connectivity index (χ2n) is 12.0. The van der Waals surface area contributed by atoms with Crippen LogP contribution in [0.3, 0.4) is 0 Å². The zero-order chi connectivity index (χ0) is 23.5. The van der Waals surface area contributed by atoms with Crippen molar-refractivity contribution < 1.29 is 18.8 Å². The zero-order valence-electron chi connectivity index (χ0n) is 20.7. The molecule has 0 aromatic heterocycles. The third-order valence-electron chi connectivity index (χ3n) is 8.00. The molecule has 0 radical (unpaired) electrons. The lowest BCUT2D eigenvalue weighted by molar-refractivity contribution is 0.00578. The largest absolute Gasteiger partial charge is 0.494 e. The number of carbonyl (C=O) groups is 1. The van der Waals surface area contributed by atoms with Crippen LogP contribution >= 0.6 is 0 Å². The zero-order valence-corrected chi connectivity index (χ0v) is 20.7. The Morgan fingerprint density at radius 1 is 1.12 bits per heavy atom.